The van der Waals surface area contributed by atoms with Crippen LogP contribution in [0.5, 0.6) is 0 Å². The first-order valence-electron chi connectivity index (χ1n) is 6.97. The molecule has 0 saturated carbocycles. The summed E-state index contributed by atoms with van der Waals surface area (Å²) < 4.78 is 6.08. The van der Waals surface area contributed by atoms with Gasteiger partial charge in [0.2, 0.25) is 0 Å². The minimum absolute atomic E-state index is 0.0149. The highest BCUT2D eigenvalue weighted by atomic mass is 16.5. The van der Waals surface area contributed by atoms with Crippen LogP contribution in [0.15, 0.2) is 0 Å². The molecule has 0 aliphatic carbocycles. The molecule has 0 aromatic heterocycles. The molecule has 0 spiro atoms. The number of hydrogen-bond donors (Lipinski definition) is 1. The molecular weight excluding hydrogens is 212 g/mol. The van der Waals surface area contributed by atoms with Gasteiger partial charge in [-0.3, -0.25) is 4.90 Å². The maximum absolute atomic E-state index is 6.08. The lowest BCUT2D eigenvalue weighted by molar-refractivity contribution is -0.180. The molecular formula is C14H30N2O. The highest BCUT2D eigenvalue weighted by Crippen LogP contribution is 2.28. The van der Waals surface area contributed by atoms with Crippen LogP contribution in [0, 0.1) is 0 Å². The Morgan fingerprint density at radius 2 is 1.47 bits per heavy atom. The summed E-state index contributed by atoms with van der Waals surface area (Å²) in [6.45, 7) is 12.9. The molecule has 2 N–H and O–H groups in total. The van der Waals surface area contributed by atoms with E-state index in [4.69, 9.17) is 10.5 Å². The third kappa shape index (κ3) is 5.84. The summed E-state index contributed by atoms with van der Waals surface area (Å²) in [5.74, 6) is 0. The van der Waals surface area contributed by atoms with Gasteiger partial charge in [-0.1, -0.05) is 12.8 Å². The minimum atomic E-state index is -0.0149. The van der Waals surface area contributed by atoms with Crippen molar-refractivity contribution in [3.8, 4) is 0 Å². The van der Waals surface area contributed by atoms with E-state index in [0.717, 1.165) is 19.6 Å². The standard InChI is InChI=1S/C14H30N2O/c1-13(2)11-16(12-14(3,4)17-13)10-8-6-5-7-9-15/h5-12,15H2,1-4H3. The van der Waals surface area contributed by atoms with Crippen LogP contribution >= 0.6 is 0 Å². The molecule has 0 unspecified atom stereocenters. The molecule has 0 atom stereocenters. The summed E-state index contributed by atoms with van der Waals surface area (Å²) in [5, 5.41) is 0. The lowest BCUT2D eigenvalue weighted by Gasteiger charge is -2.47. The van der Waals surface area contributed by atoms with Crippen molar-refractivity contribution in [2.24, 2.45) is 5.73 Å². The number of nitrogens with two attached hydrogens (primary N) is 1. The van der Waals surface area contributed by atoms with Crippen LogP contribution in [-0.2, 0) is 4.74 Å². The molecule has 0 amide bonds. The monoisotopic (exact) mass is 242 g/mol. The fourth-order valence-electron chi connectivity index (χ4n) is 2.94. The second-order valence-corrected chi connectivity index (χ2v) is 6.53. The normalized spacial score (nSPS) is 23.8. The molecule has 1 fully saturated rings. The Balaban J connectivity index is 2.28. The number of unbranched alkanes of at least 4 members (excludes halogenated alkanes) is 3. The molecule has 0 aromatic carbocycles. The van der Waals surface area contributed by atoms with Crippen LogP contribution in [0.2, 0.25) is 0 Å². The van der Waals surface area contributed by atoms with Gasteiger partial charge in [0.15, 0.2) is 0 Å². The van der Waals surface area contributed by atoms with Crippen molar-refractivity contribution < 1.29 is 4.74 Å². The lowest BCUT2D eigenvalue weighted by atomic mass is 9.98. The lowest BCUT2D eigenvalue weighted by Crippen LogP contribution is -2.57. The number of rotatable bonds is 6. The zero-order valence-electron chi connectivity index (χ0n) is 12.1. The van der Waals surface area contributed by atoms with E-state index >= 15 is 0 Å². The van der Waals surface area contributed by atoms with Crippen LogP contribution in [0.25, 0.3) is 0 Å². The maximum atomic E-state index is 6.08. The van der Waals surface area contributed by atoms with Crippen molar-refractivity contribution in [1.82, 2.24) is 4.90 Å². The highest BCUT2D eigenvalue weighted by Gasteiger charge is 2.37. The molecule has 0 aromatic rings. The van der Waals surface area contributed by atoms with Crippen LogP contribution in [0.4, 0.5) is 0 Å². The van der Waals surface area contributed by atoms with E-state index in [9.17, 15) is 0 Å². The average molecular weight is 242 g/mol. The second-order valence-electron chi connectivity index (χ2n) is 6.53. The Morgan fingerprint density at radius 1 is 0.941 bits per heavy atom. The summed E-state index contributed by atoms with van der Waals surface area (Å²) >= 11 is 0. The predicted molar refractivity (Wildman–Crippen MR) is 73.2 cm³/mol. The van der Waals surface area contributed by atoms with E-state index in [0.29, 0.717) is 0 Å². The SMILES string of the molecule is CC1(C)CN(CCCCCCN)CC(C)(C)O1. The zero-order valence-corrected chi connectivity index (χ0v) is 12.1. The van der Waals surface area contributed by atoms with Crippen molar-refractivity contribution in [3.05, 3.63) is 0 Å². The fourth-order valence-corrected chi connectivity index (χ4v) is 2.94. The largest absolute Gasteiger partial charge is 0.367 e. The van der Waals surface area contributed by atoms with E-state index in [2.05, 4.69) is 32.6 Å². The smallest absolute Gasteiger partial charge is 0.0760 e. The van der Waals surface area contributed by atoms with Gasteiger partial charge in [-0.05, 0) is 53.6 Å². The number of hydrogen-bond acceptors (Lipinski definition) is 3. The van der Waals surface area contributed by atoms with Crippen molar-refractivity contribution in [2.45, 2.75) is 64.6 Å². The average Bonchev–Trinajstić information content (AvgIpc) is 2.12. The van der Waals surface area contributed by atoms with Gasteiger partial charge < -0.3 is 10.5 Å². The van der Waals surface area contributed by atoms with Crippen molar-refractivity contribution in [1.29, 1.82) is 0 Å². The molecule has 1 rings (SSSR count). The second kappa shape index (κ2) is 6.17. The Labute approximate surface area is 107 Å². The van der Waals surface area contributed by atoms with Gasteiger partial charge in [0, 0.05) is 13.1 Å². The Bertz CT molecular complexity index is 210. The first-order valence-corrected chi connectivity index (χ1v) is 6.97. The van der Waals surface area contributed by atoms with Gasteiger partial charge in [0.05, 0.1) is 11.2 Å². The van der Waals surface area contributed by atoms with Gasteiger partial charge in [-0.15, -0.1) is 0 Å². The molecule has 1 saturated heterocycles. The summed E-state index contributed by atoms with van der Waals surface area (Å²) in [7, 11) is 0. The predicted octanol–water partition coefficient (Wildman–Crippen LogP) is 2.39. The van der Waals surface area contributed by atoms with Gasteiger partial charge in [-0.25, -0.2) is 0 Å². The summed E-state index contributed by atoms with van der Waals surface area (Å²) in [4.78, 5) is 2.55. The van der Waals surface area contributed by atoms with E-state index < -0.39 is 0 Å². The first-order chi connectivity index (χ1) is 7.85. The van der Waals surface area contributed by atoms with E-state index in [1.54, 1.807) is 0 Å². The molecule has 1 aliphatic heterocycles. The van der Waals surface area contributed by atoms with Crippen LogP contribution in [0.3, 0.4) is 0 Å². The number of nitrogens with zero attached hydrogens (tertiary/aromatic N) is 1. The number of ether oxygens (including phenoxy) is 1. The summed E-state index contributed by atoms with van der Waals surface area (Å²) in [5.41, 5.74) is 5.47. The number of morpholine rings is 1. The van der Waals surface area contributed by atoms with Gasteiger partial charge in [-0.2, -0.15) is 0 Å². The molecule has 1 aliphatic rings. The van der Waals surface area contributed by atoms with Crippen molar-refractivity contribution in [2.75, 3.05) is 26.2 Å². The van der Waals surface area contributed by atoms with E-state index in [-0.39, 0.29) is 11.2 Å². The third-order valence-corrected chi connectivity index (χ3v) is 3.19. The van der Waals surface area contributed by atoms with Gasteiger partial charge >= 0.3 is 0 Å². The highest BCUT2D eigenvalue weighted by molar-refractivity contribution is 4.88. The quantitative estimate of drug-likeness (QED) is 0.727. The molecule has 102 valence electrons. The van der Waals surface area contributed by atoms with Gasteiger partial charge in [0.25, 0.3) is 0 Å². The molecule has 17 heavy (non-hydrogen) atoms. The summed E-state index contributed by atoms with van der Waals surface area (Å²) in [6.07, 6.45) is 5.02. The van der Waals surface area contributed by atoms with E-state index in [1.165, 1.54) is 32.2 Å². The first kappa shape index (κ1) is 14.9. The Morgan fingerprint density at radius 3 is 2.00 bits per heavy atom. The zero-order chi connectivity index (χ0) is 12.9. The fraction of sp³-hybridized carbons (Fsp3) is 1.00. The van der Waals surface area contributed by atoms with Crippen LogP contribution in [0.1, 0.15) is 53.4 Å². The third-order valence-electron chi connectivity index (χ3n) is 3.19. The Hall–Kier alpha value is -0.120. The van der Waals surface area contributed by atoms with E-state index in [1.807, 2.05) is 0 Å². The Kier molecular flexibility index (Phi) is 5.42. The van der Waals surface area contributed by atoms with Crippen molar-refractivity contribution in [3.63, 3.8) is 0 Å². The molecule has 3 heteroatoms. The molecule has 1 heterocycles. The molecule has 3 nitrogen and oxygen atoms in total. The van der Waals surface area contributed by atoms with Crippen LogP contribution < -0.4 is 5.73 Å². The molecule has 0 radical (unpaired) electrons. The van der Waals surface area contributed by atoms with Crippen molar-refractivity contribution >= 4 is 0 Å². The van der Waals surface area contributed by atoms with Gasteiger partial charge in [0.1, 0.15) is 0 Å². The topological polar surface area (TPSA) is 38.5 Å². The molecule has 0 bridgehead atoms. The minimum Gasteiger partial charge on any atom is -0.367 e. The maximum Gasteiger partial charge on any atom is 0.0760 e. The summed E-state index contributed by atoms with van der Waals surface area (Å²) in [6, 6.07) is 0. The van der Waals surface area contributed by atoms with Crippen LogP contribution in [-0.4, -0.2) is 42.3 Å².